The number of ether oxygens (including phenoxy) is 1. The highest BCUT2D eigenvalue weighted by Gasteiger charge is 2.21. The third-order valence-electron chi connectivity index (χ3n) is 2.75. The van der Waals surface area contributed by atoms with E-state index in [1.807, 2.05) is 0 Å². The molecule has 1 fully saturated rings. The Hall–Kier alpha value is -1.30. The molecule has 0 saturated carbocycles. The van der Waals surface area contributed by atoms with Crippen molar-refractivity contribution in [1.82, 2.24) is 4.90 Å². The van der Waals surface area contributed by atoms with E-state index < -0.39 is 17.4 Å². The second-order valence-electron chi connectivity index (χ2n) is 3.88. The molecular weight excluding hydrogens is 260 g/mol. The van der Waals surface area contributed by atoms with Gasteiger partial charge in [-0.1, -0.05) is 0 Å². The summed E-state index contributed by atoms with van der Waals surface area (Å²) < 4.78 is 31.6. The number of nitrogens with zero attached hydrogens (tertiary/aromatic N) is 1. The van der Waals surface area contributed by atoms with Crippen LogP contribution in [-0.2, 0) is 0 Å². The Kier molecular flexibility index (Phi) is 4.06. The van der Waals surface area contributed by atoms with Crippen molar-refractivity contribution in [3.8, 4) is 5.75 Å². The zero-order chi connectivity index (χ0) is 13.1. The topological polar surface area (TPSA) is 29.5 Å². The average Bonchev–Trinajstić information content (AvgIpc) is 2.38. The van der Waals surface area contributed by atoms with Gasteiger partial charge in [-0.25, -0.2) is 8.78 Å². The number of carbonyl (C=O) groups excluding carboxylic acids is 1. The molecule has 0 radical (unpaired) electrons. The number of hydrogen-bond donors (Lipinski definition) is 0. The summed E-state index contributed by atoms with van der Waals surface area (Å²) in [6.45, 7) is 1.22. The zero-order valence-electron chi connectivity index (χ0n) is 9.91. The molecule has 0 unspecified atom stereocenters. The lowest BCUT2D eigenvalue weighted by atomic mass is 10.1. The van der Waals surface area contributed by atoms with Gasteiger partial charge in [0.15, 0.2) is 17.4 Å². The Bertz CT molecular complexity index is 438. The van der Waals surface area contributed by atoms with Crippen molar-refractivity contribution in [2.45, 2.75) is 0 Å². The highest BCUT2D eigenvalue weighted by molar-refractivity contribution is 7.99. The van der Waals surface area contributed by atoms with Crippen LogP contribution >= 0.6 is 11.8 Å². The molecule has 0 aromatic heterocycles. The van der Waals surface area contributed by atoms with Crippen LogP contribution in [0.3, 0.4) is 0 Å². The van der Waals surface area contributed by atoms with Gasteiger partial charge in [0.25, 0.3) is 5.91 Å². The smallest absolute Gasteiger partial charge is 0.254 e. The van der Waals surface area contributed by atoms with Crippen molar-refractivity contribution in [1.29, 1.82) is 0 Å². The highest BCUT2D eigenvalue weighted by atomic mass is 32.2. The molecule has 3 nitrogen and oxygen atoms in total. The minimum atomic E-state index is -0.854. The molecule has 0 N–H and O–H groups in total. The molecule has 18 heavy (non-hydrogen) atoms. The van der Waals surface area contributed by atoms with Gasteiger partial charge in [-0.2, -0.15) is 11.8 Å². The molecule has 0 bridgehead atoms. The van der Waals surface area contributed by atoms with Crippen molar-refractivity contribution in [3.63, 3.8) is 0 Å². The maximum atomic E-state index is 13.5. The monoisotopic (exact) mass is 273 g/mol. The molecule has 6 heteroatoms. The average molecular weight is 273 g/mol. The van der Waals surface area contributed by atoms with Crippen LogP contribution in [0.4, 0.5) is 8.78 Å². The van der Waals surface area contributed by atoms with Crippen LogP contribution in [-0.4, -0.2) is 42.5 Å². The Morgan fingerprint density at radius 2 is 1.83 bits per heavy atom. The van der Waals surface area contributed by atoms with Crippen LogP contribution in [0.25, 0.3) is 0 Å². The van der Waals surface area contributed by atoms with Crippen LogP contribution in [0, 0.1) is 11.6 Å². The van der Waals surface area contributed by atoms with Crippen molar-refractivity contribution in [2.24, 2.45) is 0 Å². The molecule has 98 valence electrons. The predicted molar refractivity (Wildman–Crippen MR) is 66.1 cm³/mol. The van der Waals surface area contributed by atoms with E-state index in [1.54, 1.807) is 16.7 Å². The van der Waals surface area contributed by atoms with Crippen molar-refractivity contribution in [2.75, 3.05) is 31.7 Å². The van der Waals surface area contributed by atoms with Crippen LogP contribution in [0.2, 0.25) is 0 Å². The number of halogens is 2. The molecule has 0 aliphatic carbocycles. The third kappa shape index (κ3) is 2.58. The van der Waals surface area contributed by atoms with Crippen LogP contribution < -0.4 is 4.74 Å². The van der Waals surface area contributed by atoms with Gasteiger partial charge in [0.1, 0.15) is 0 Å². The predicted octanol–water partition coefficient (Wildman–Crippen LogP) is 2.16. The molecule has 0 atom stereocenters. The maximum absolute atomic E-state index is 13.5. The lowest BCUT2D eigenvalue weighted by molar-refractivity contribution is 0.0771. The Labute approximate surface area is 108 Å². The lowest BCUT2D eigenvalue weighted by Gasteiger charge is -2.26. The molecule has 1 aromatic carbocycles. The molecule has 1 amide bonds. The summed E-state index contributed by atoms with van der Waals surface area (Å²) >= 11 is 1.76. The summed E-state index contributed by atoms with van der Waals surface area (Å²) in [5, 5.41) is 0. The summed E-state index contributed by atoms with van der Waals surface area (Å²) in [5.41, 5.74) is 0.0256. The van der Waals surface area contributed by atoms with Gasteiger partial charge in [0.2, 0.25) is 0 Å². The van der Waals surface area contributed by atoms with E-state index in [0.717, 1.165) is 23.6 Å². The van der Waals surface area contributed by atoms with Gasteiger partial charge in [0, 0.05) is 30.2 Å². The Balaban J connectivity index is 2.25. The Morgan fingerprint density at radius 3 is 2.33 bits per heavy atom. The van der Waals surface area contributed by atoms with E-state index in [-0.39, 0.29) is 11.5 Å². The van der Waals surface area contributed by atoms with Crippen LogP contribution in [0.15, 0.2) is 12.1 Å². The summed E-state index contributed by atoms with van der Waals surface area (Å²) in [4.78, 5) is 13.7. The Morgan fingerprint density at radius 1 is 1.28 bits per heavy atom. The van der Waals surface area contributed by atoms with E-state index in [0.29, 0.717) is 13.1 Å². The molecule has 1 aromatic rings. The largest absolute Gasteiger partial charge is 0.491 e. The summed E-state index contributed by atoms with van der Waals surface area (Å²) in [5.74, 6) is -0.796. The standard InChI is InChI=1S/C12H13F2NO2S/c1-17-11-9(13)6-8(7-10(11)14)12(16)15-2-4-18-5-3-15/h6-7H,2-5H2,1H3. The molecule has 1 aliphatic heterocycles. The van der Waals surface area contributed by atoms with Gasteiger partial charge in [-0.3, -0.25) is 4.79 Å². The first-order valence-corrected chi connectivity index (χ1v) is 6.69. The number of thioether (sulfide) groups is 1. The van der Waals surface area contributed by atoms with Gasteiger partial charge in [-0.15, -0.1) is 0 Å². The van der Waals surface area contributed by atoms with Gasteiger partial charge < -0.3 is 9.64 Å². The third-order valence-corrected chi connectivity index (χ3v) is 3.69. The van der Waals surface area contributed by atoms with Crippen LogP contribution in [0.5, 0.6) is 5.75 Å². The fourth-order valence-electron chi connectivity index (χ4n) is 1.83. The van der Waals surface area contributed by atoms with E-state index in [2.05, 4.69) is 4.74 Å². The van der Waals surface area contributed by atoms with E-state index in [9.17, 15) is 13.6 Å². The van der Waals surface area contributed by atoms with Gasteiger partial charge in [-0.05, 0) is 12.1 Å². The SMILES string of the molecule is COc1c(F)cc(C(=O)N2CCSCC2)cc1F. The minimum Gasteiger partial charge on any atom is -0.491 e. The van der Waals surface area contributed by atoms with Crippen molar-refractivity contribution in [3.05, 3.63) is 29.3 Å². The molecule has 1 aliphatic rings. The molecular formula is C12H13F2NO2S. The first-order chi connectivity index (χ1) is 8.63. The second kappa shape index (κ2) is 5.56. The quantitative estimate of drug-likeness (QED) is 0.827. The normalized spacial score (nSPS) is 15.6. The van der Waals surface area contributed by atoms with Gasteiger partial charge >= 0.3 is 0 Å². The number of carbonyl (C=O) groups is 1. The van der Waals surface area contributed by atoms with Crippen molar-refractivity contribution < 1.29 is 18.3 Å². The highest BCUT2D eigenvalue weighted by Crippen LogP contribution is 2.24. The molecule has 1 heterocycles. The number of amides is 1. The maximum Gasteiger partial charge on any atom is 0.254 e. The fourth-order valence-corrected chi connectivity index (χ4v) is 2.73. The van der Waals surface area contributed by atoms with Crippen molar-refractivity contribution >= 4 is 17.7 Å². The van der Waals surface area contributed by atoms with E-state index >= 15 is 0 Å². The number of benzene rings is 1. The van der Waals surface area contributed by atoms with Gasteiger partial charge in [0.05, 0.1) is 7.11 Å². The zero-order valence-corrected chi connectivity index (χ0v) is 10.7. The second-order valence-corrected chi connectivity index (χ2v) is 5.10. The van der Waals surface area contributed by atoms with E-state index in [1.165, 1.54) is 7.11 Å². The first kappa shape index (κ1) is 13.1. The first-order valence-electron chi connectivity index (χ1n) is 5.53. The summed E-state index contributed by atoms with van der Waals surface area (Å²) in [6, 6.07) is 2.04. The minimum absolute atomic E-state index is 0.0256. The van der Waals surface area contributed by atoms with Crippen LogP contribution in [0.1, 0.15) is 10.4 Å². The number of methoxy groups -OCH3 is 1. The molecule has 0 spiro atoms. The number of hydrogen-bond acceptors (Lipinski definition) is 3. The number of rotatable bonds is 2. The van der Waals surface area contributed by atoms with E-state index in [4.69, 9.17) is 0 Å². The summed E-state index contributed by atoms with van der Waals surface area (Å²) in [6.07, 6.45) is 0. The lowest BCUT2D eigenvalue weighted by Crippen LogP contribution is -2.38. The molecule has 2 rings (SSSR count). The summed E-state index contributed by atoms with van der Waals surface area (Å²) in [7, 11) is 1.19. The fraction of sp³-hybridized carbons (Fsp3) is 0.417. The molecule has 1 saturated heterocycles.